The highest BCUT2D eigenvalue weighted by atomic mass is 16.5. The average molecular weight is 273 g/mol. The SMILES string of the molecule is COc1ccc(C(=O)C2CCC3CCCCC3N2)cc1. The van der Waals surface area contributed by atoms with Crippen LogP contribution in [0.2, 0.25) is 0 Å². The zero-order chi connectivity index (χ0) is 13.9. The van der Waals surface area contributed by atoms with Crippen LogP contribution in [-0.4, -0.2) is 25.0 Å². The van der Waals surface area contributed by atoms with Crippen molar-refractivity contribution in [2.24, 2.45) is 5.92 Å². The summed E-state index contributed by atoms with van der Waals surface area (Å²) in [4.78, 5) is 12.6. The molecule has 0 aromatic heterocycles. The van der Waals surface area contributed by atoms with Crippen LogP contribution >= 0.6 is 0 Å². The van der Waals surface area contributed by atoms with Crippen molar-refractivity contribution in [3.8, 4) is 5.75 Å². The highest BCUT2D eigenvalue weighted by Crippen LogP contribution is 2.33. The van der Waals surface area contributed by atoms with Crippen LogP contribution < -0.4 is 10.1 Å². The molecule has 20 heavy (non-hydrogen) atoms. The fourth-order valence-electron chi connectivity index (χ4n) is 3.66. The fraction of sp³-hybridized carbons (Fsp3) is 0.588. The van der Waals surface area contributed by atoms with Gasteiger partial charge in [-0.1, -0.05) is 12.8 Å². The summed E-state index contributed by atoms with van der Waals surface area (Å²) in [7, 11) is 1.64. The van der Waals surface area contributed by atoms with Crippen molar-refractivity contribution in [1.82, 2.24) is 5.32 Å². The molecule has 3 rings (SSSR count). The number of methoxy groups -OCH3 is 1. The van der Waals surface area contributed by atoms with Crippen molar-refractivity contribution in [3.05, 3.63) is 29.8 Å². The third-order valence-corrected chi connectivity index (χ3v) is 4.84. The monoisotopic (exact) mass is 273 g/mol. The van der Waals surface area contributed by atoms with Gasteiger partial charge in [0.2, 0.25) is 0 Å². The Labute approximate surface area is 120 Å². The van der Waals surface area contributed by atoms with E-state index in [0.29, 0.717) is 6.04 Å². The molecule has 1 N–H and O–H groups in total. The molecule has 1 aliphatic carbocycles. The van der Waals surface area contributed by atoms with Crippen molar-refractivity contribution in [2.45, 2.75) is 50.6 Å². The van der Waals surface area contributed by atoms with Crippen LogP contribution in [0.15, 0.2) is 24.3 Å². The predicted molar refractivity (Wildman–Crippen MR) is 79.2 cm³/mol. The van der Waals surface area contributed by atoms with Gasteiger partial charge in [-0.05, 0) is 55.9 Å². The number of hydrogen-bond donors (Lipinski definition) is 1. The Hall–Kier alpha value is -1.35. The van der Waals surface area contributed by atoms with Gasteiger partial charge in [-0.3, -0.25) is 4.79 Å². The zero-order valence-corrected chi connectivity index (χ0v) is 12.1. The number of piperidine rings is 1. The molecule has 1 aromatic rings. The van der Waals surface area contributed by atoms with E-state index >= 15 is 0 Å². The smallest absolute Gasteiger partial charge is 0.179 e. The van der Waals surface area contributed by atoms with E-state index < -0.39 is 0 Å². The second-order valence-corrected chi connectivity index (χ2v) is 6.04. The molecular weight excluding hydrogens is 250 g/mol. The number of fused-ring (bicyclic) bond motifs is 1. The number of carbonyl (C=O) groups is 1. The van der Waals surface area contributed by atoms with Crippen LogP contribution in [0.1, 0.15) is 48.9 Å². The second-order valence-electron chi connectivity index (χ2n) is 6.04. The van der Waals surface area contributed by atoms with Gasteiger partial charge < -0.3 is 10.1 Å². The van der Waals surface area contributed by atoms with E-state index in [2.05, 4.69) is 5.32 Å². The van der Waals surface area contributed by atoms with Gasteiger partial charge in [0.25, 0.3) is 0 Å². The van der Waals surface area contributed by atoms with Gasteiger partial charge in [0, 0.05) is 11.6 Å². The Morgan fingerprint density at radius 3 is 2.60 bits per heavy atom. The van der Waals surface area contributed by atoms with E-state index in [1.54, 1.807) is 7.11 Å². The number of carbonyl (C=O) groups excluding carboxylic acids is 1. The molecule has 2 aliphatic rings. The molecular formula is C17H23NO2. The van der Waals surface area contributed by atoms with Crippen LogP contribution in [0.4, 0.5) is 0 Å². The lowest BCUT2D eigenvalue weighted by molar-refractivity contribution is 0.0861. The van der Waals surface area contributed by atoms with Crippen molar-refractivity contribution >= 4 is 5.78 Å². The minimum absolute atomic E-state index is 0.00254. The molecule has 3 unspecified atom stereocenters. The number of hydrogen-bond acceptors (Lipinski definition) is 3. The van der Waals surface area contributed by atoms with E-state index in [4.69, 9.17) is 4.74 Å². The number of Topliss-reactive ketones (excluding diaryl/α,β-unsaturated/α-hetero) is 1. The van der Waals surface area contributed by atoms with E-state index in [0.717, 1.165) is 23.7 Å². The maximum absolute atomic E-state index is 12.6. The summed E-state index contributed by atoms with van der Waals surface area (Å²) in [6, 6.07) is 8.03. The summed E-state index contributed by atoms with van der Waals surface area (Å²) < 4.78 is 5.14. The second kappa shape index (κ2) is 5.96. The molecule has 0 radical (unpaired) electrons. The summed E-state index contributed by atoms with van der Waals surface area (Å²) in [5.41, 5.74) is 0.789. The number of benzene rings is 1. The summed E-state index contributed by atoms with van der Waals surface area (Å²) in [6.45, 7) is 0. The van der Waals surface area contributed by atoms with Gasteiger partial charge in [0.15, 0.2) is 5.78 Å². The first kappa shape index (κ1) is 13.6. The Morgan fingerprint density at radius 1 is 1.10 bits per heavy atom. The highest BCUT2D eigenvalue weighted by Gasteiger charge is 2.34. The summed E-state index contributed by atoms with van der Waals surface area (Å²) in [6.07, 6.45) is 7.41. The number of ketones is 1. The Bertz CT molecular complexity index is 468. The van der Waals surface area contributed by atoms with Gasteiger partial charge >= 0.3 is 0 Å². The lowest BCUT2D eigenvalue weighted by Crippen LogP contribution is -2.52. The Balaban J connectivity index is 1.67. The van der Waals surface area contributed by atoms with E-state index in [-0.39, 0.29) is 11.8 Å². The maximum atomic E-state index is 12.6. The summed E-state index contributed by atoms with van der Waals surface area (Å²) in [5.74, 6) is 1.82. The zero-order valence-electron chi connectivity index (χ0n) is 12.1. The first-order chi connectivity index (χ1) is 9.78. The van der Waals surface area contributed by atoms with E-state index in [9.17, 15) is 4.79 Å². The van der Waals surface area contributed by atoms with Crippen molar-refractivity contribution in [1.29, 1.82) is 0 Å². The van der Waals surface area contributed by atoms with Crippen molar-refractivity contribution < 1.29 is 9.53 Å². The van der Waals surface area contributed by atoms with Crippen molar-refractivity contribution in [3.63, 3.8) is 0 Å². The molecule has 3 atom stereocenters. The molecule has 108 valence electrons. The lowest BCUT2D eigenvalue weighted by atomic mass is 9.77. The first-order valence-corrected chi connectivity index (χ1v) is 7.72. The molecule has 0 bridgehead atoms. The van der Waals surface area contributed by atoms with Gasteiger partial charge in [0.1, 0.15) is 5.75 Å². The topological polar surface area (TPSA) is 38.3 Å². The number of ether oxygens (including phenoxy) is 1. The molecule has 1 aromatic carbocycles. The van der Waals surface area contributed by atoms with E-state index in [1.165, 1.54) is 32.1 Å². The molecule has 1 heterocycles. The van der Waals surface area contributed by atoms with Gasteiger partial charge in [-0.15, -0.1) is 0 Å². The molecule has 0 spiro atoms. The molecule has 1 saturated heterocycles. The molecule has 3 nitrogen and oxygen atoms in total. The first-order valence-electron chi connectivity index (χ1n) is 7.72. The standard InChI is InChI=1S/C17H23NO2/c1-20-14-9-6-13(7-10-14)17(19)16-11-8-12-4-2-3-5-15(12)18-16/h6-7,9-10,12,15-16,18H,2-5,8,11H2,1H3. The highest BCUT2D eigenvalue weighted by molar-refractivity contribution is 6.00. The molecule has 2 fully saturated rings. The minimum Gasteiger partial charge on any atom is -0.497 e. The van der Waals surface area contributed by atoms with Gasteiger partial charge in [0.05, 0.1) is 13.2 Å². The van der Waals surface area contributed by atoms with Crippen LogP contribution in [0, 0.1) is 5.92 Å². The van der Waals surface area contributed by atoms with Crippen LogP contribution in [0.3, 0.4) is 0 Å². The van der Waals surface area contributed by atoms with Gasteiger partial charge in [-0.2, -0.15) is 0 Å². The quantitative estimate of drug-likeness (QED) is 0.860. The third-order valence-electron chi connectivity index (χ3n) is 4.84. The number of nitrogens with one attached hydrogen (secondary N) is 1. The molecule has 1 aliphatic heterocycles. The lowest BCUT2D eigenvalue weighted by Gasteiger charge is -2.40. The normalized spacial score (nSPS) is 29.6. The molecule has 0 amide bonds. The molecule has 3 heteroatoms. The van der Waals surface area contributed by atoms with Crippen LogP contribution in [0.5, 0.6) is 5.75 Å². The largest absolute Gasteiger partial charge is 0.497 e. The number of rotatable bonds is 3. The molecule has 1 saturated carbocycles. The fourth-order valence-corrected chi connectivity index (χ4v) is 3.66. The summed E-state index contributed by atoms with van der Waals surface area (Å²) >= 11 is 0. The van der Waals surface area contributed by atoms with Crippen molar-refractivity contribution in [2.75, 3.05) is 7.11 Å². The Kier molecular flexibility index (Phi) is 4.06. The third kappa shape index (κ3) is 2.73. The van der Waals surface area contributed by atoms with Crippen LogP contribution in [-0.2, 0) is 0 Å². The van der Waals surface area contributed by atoms with Gasteiger partial charge in [-0.25, -0.2) is 0 Å². The Morgan fingerprint density at radius 2 is 1.85 bits per heavy atom. The van der Waals surface area contributed by atoms with E-state index in [1.807, 2.05) is 24.3 Å². The summed E-state index contributed by atoms with van der Waals surface area (Å²) in [5, 5.41) is 3.60. The van der Waals surface area contributed by atoms with Crippen LogP contribution in [0.25, 0.3) is 0 Å². The minimum atomic E-state index is 0.00254. The predicted octanol–water partition coefficient (Wildman–Crippen LogP) is 3.19. The average Bonchev–Trinajstić information content (AvgIpc) is 2.54. The maximum Gasteiger partial charge on any atom is 0.179 e.